The normalized spacial score (nSPS) is 20.6. The molecule has 6 nitrogen and oxygen atoms in total. The summed E-state index contributed by atoms with van der Waals surface area (Å²) in [6, 6.07) is 9.83. The molecule has 0 N–H and O–H groups in total. The summed E-state index contributed by atoms with van der Waals surface area (Å²) in [4.78, 5) is 31.1. The summed E-state index contributed by atoms with van der Waals surface area (Å²) in [5.41, 5.74) is 2.47. The van der Waals surface area contributed by atoms with E-state index in [0.717, 1.165) is 55.7 Å². The average Bonchev–Trinajstić information content (AvgIpc) is 3.14. The smallest absolute Gasteiger partial charge is 0.237 e. The van der Waals surface area contributed by atoms with Crippen molar-refractivity contribution in [1.82, 2.24) is 9.47 Å². The number of carbonyl (C=O) groups is 2. The second kappa shape index (κ2) is 7.60. The lowest BCUT2D eigenvalue weighted by Crippen LogP contribution is -2.47. The number of anilines is 2. The van der Waals surface area contributed by atoms with E-state index < -0.39 is 5.92 Å². The number of hydrogen-bond donors (Lipinski definition) is 0. The third-order valence-electron chi connectivity index (χ3n) is 5.85. The highest BCUT2D eigenvalue weighted by Gasteiger charge is 2.37. The van der Waals surface area contributed by atoms with Crippen molar-refractivity contribution in [2.75, 3.05) is 49.6 Å². The molecule has 2 aromatic rings. The monoisotopic (exact) mass is 400 g/mol. The van der Waals surface area contributed by atoms with Gasteiger partial charge in [-0.25, -0.2) is 0 Å². The van der Waals surface area contributed by atoms with Gasteiger partial charge in [0.25, 0.3) is 0 Å². The molecular formula is C21H25ClN4O2. The summed E-state index contributed by atoms with van der Waals surface area (Å²) >= 11 is 6.32. The second-order valence-corrected chi connectivity index (χ2v) is 7.91. The molecule has 148 valence electrons. The van der Waals surface area contributed by atoms with Crippen LogP contribution in [0.25, 0.3) is 0 Å². The van der Waals surface area contributed by atoms with Gasteiger partial charge in [-0.05, 0) is 25.1 Å². The molecule has 0 spiro atoms. The predicted octanol–water partition coefficient (Wildman–Crippen LogP) is 2.76. The Morgan fingerprint density at radius 1 is 1.00 bits per heavy atom. The molecule has 28 heavy (non-hydrogen) atoms. The number of nitrogens with zero attached hydrogens (tertiary/aromatic N) is 4. The standard InChI is InChI=1S/C21H25ClN4O2/c1-15-20(27)19-18(23(2)21(15)28)7-8-26(19)14-11-24-9-12-25(13-10-24)17-6-4-3-5-16(17)22/h3-8,15H,9-14H2,1-2H3. The Morgan fingerprint density at radius 2 is 1.71 bits per heavy atom. The van der Waals surface area contributed by atoms with E-state index in [1.807, 2.05) is 35.0 Å². The fourth-order valence-electron chi connectivity index (χ4n) is 4.08. The van der Waals surface area contributed by atoms with Gasteiger partial charge in [-0.15, -0.1) is 0 Å². The lowest BCUT2D eigenvalue weighted by atomic mass is 9.97. The van der Waals surface area contributed by atoms with Crippen LogP contribution in [0.3, 0.4) is 0 Å². The third-order valence-corrected chi connectivity index (χ3v) is 6.17. The highest BCUT2D eigenvalue weighted by molar-refractivity contribution is 6.33. The number of benzene rings is 1. The van der Waals surface area contributed by atoms with E-state index in [4.69, 9.17) is 11.6 Å². The van der Waals surface area contributed by atoms with Crippen molar-refractivity contribution in [3.8, 4) is 0 Å². The summed E-state index contributed by atoms with van der Waals surface area (Å²) < 4.78 is 2.00. The quantitative estimate of drug-likeness (QED) is 0.740. The molecule has 1 fully saturated rings. The van der Waals surface area contributed by atoms with Crippen molar-refractivity contribution in [1.29, 1.82) is 0 Å². The number of hydrogen-bond acceptors (Lipinski definition) is 4. The van der Waals surface area contributed by atoms with Crippen molar-refractivity contribution >= 4 is 34.7 Å². The summed E-state index contributed by atoms with van der Waals surface area (Å²) in [5, 5.41) is 0.793. The largest absolute Gasteiger partial charge is 0.368 e. The number of halogens is 1. The Balaban J connectivity index is 1.38. The van der Waals surface area contributed by atoms with E-state index in [0.29, 0.717) is 5.69 Å². The Bertz CT molecular complexity index is 902. The van der Waals surface area contributed by atoms with E-state index in [1.54, 1.807) is 18.9 Å². The second-order valence-electron chi connectivity index (χ2n) is 7.51. The minimum atomic E-state index is -0.606. The fourth-order valence-corrected chi connectivity index (χ4v) is 4.34. The van der Waals surface area contributed by atoms with Crippen molar-refractivity contribution in [2.24, 2.45) is 5.92 Å². The number of piperazine rings is 1. The fraction of sp³-hybridized carbons (Fsp3) is 0.429. The first-order valence-electron chi connectivity index (χ1n) is 9.70. The number of Topliss-reactive ketones (excluding diaryl/α,β-unsaturated/α-hetero) is 1. The van der Waals surface area contributed by atoms with Crippen LogP contribution in [-0.4, -0.2) is 60.9 Å². The molecule has 2 aliphatic rings. The van der Waals surface area contributed by atoms with Crippen molar-refractivity contribution < 1.29 is 9.59 Å². The summed E-state index contributed by atoms with van der Waals surface area (Å²) in [5.74, 6) is -0.817. The molecule has 0 aliphatic carbocycles. The van der Waals surface area contributed by atoms with Gasteiger partial charge in [0.05, 0.1) is 16.4 Å². The van der Waals surface area contributed by atoms with Crippen molar-refractivity contribution in [3.05, 3.63) is 47.2 Å². The first-order valence-corrected chi connectivity index (χ1v) is 10.1. The maximum Gasteiger partial charge on any atom is 0.237 e. The van der Waals surface area contributed by atoms with Gasteiger partial charge in [0.15, 0.2) is 5.78 Å². The Labute approximate surface area is 170 Å². The molecule has 1 atom stereocenters. The molecular weight excluding hydrogens is 376 g/mol. The zero-order chi connectivity index (χ0) is 19.8. The summed E-state index contributed by atoms with van der Waals surface area (Å²) in [7, 11) is 1.74. The molecule has 0 saturated carbocycles. The third kappa shape index (κ3) is 3.31. The van der Waals surface area contributed by atoms with Gasteiger partial charge < -0.3 is 14.4 Å². The number of ketones is 1. The number of aromatic nitrogens is 1. The van der Waals surface area contributed by atoms with Gasteiger partial charge in [0.1, 0.15) is 11.6 Å². The number of para-hydroxylation sites is 1. The molecule has 4 rings (SSSR count). The van der Waals surface area contributed by atoms with Gasteiger partial charge in [0.2, 0.25) is 5.91 Å². The van der Waals surface area contributed by atoms with Gasteiger partial charge in [-0.2, -0.15) is 0 Å². The molecule has 1 amide bonds. The molecule has 0 bridgehead atoms. The summed E-state index contributed by atoms with van der Waals surface area (Å²) in [6.07, 6.45) is 1.92. The van der Waals surface area contributed by atoms with E-state index in [1.165, 1.54) is 0 Å². The van der Waals surface area contributed by atoms with Crippen LogP contribution >= 0.6 is 11.6 Å². The molecule has 7 heteroatoms. The number of rotatable bonds is 4. The van der Waals surface area contributed by atoms with E-state index >= 15 is 0 Å². The zero-order valence-electron chi connectivity index (χ0n) is 16.3. The van der Waals surface area contributed by atoms with Crippen LogP contribution in [-0.2, 0) is 11.3 Å². The number of fused-ring (bicyclic) bond motifs is 1. The molecule has 3 heterocycles. The summed E-state index contributed by atoms with van der Waals surface area (Å²) in [6.45, 7) is 7.07. The predicted molar refractivity (Wildman–Crippen MR) is 111 cm³/mol. The first-order chi connectivity index (χ1) is 13.5. The Hall–Kier alpha value is -2.31. The number of carbonyl (C=O) groups excluding carboxylic acids is 2. The van der Waals surface area contributed by atoms with E-state index in [2.05, 4.69) is 15.9 Å². The molecule has 2 aliphatic heterocycles. The molecule has 1 aromatic carbocycles. The zero-order valence-corrected chi connectivity index (χ0v) is 17.0. The Morgan fingerprint density at radius 3 is 2.43 bits per heavy atom. The maximum atomic E-state index is 12.6. The van der Waals surface area contributed by atoms with E-state index in [-0.39, 0.29) is 11.7 Å². The van der Waals surface area contributed by atoms with Gasteiger partial charge in [-0.3, -0.25) is 14.5 Å². The highest BCUT2D eigenvalue weighted by atomic mass is 35.5. The van der Waals surface area contributed by atoms with Crippen molar-refractivity contribution in [2.45, 2.75) is 13.5 Å². The van der Waals surface area contributed by atoms with Gasteiger partial charge in [0, 0.05) is 52.5 Å². The maximum absolute atomic E-state index is 12.6. The topological polar surface area (TPSA) is 48.8 Å². The average molecular weight is 401 g/mol. The van der Waals surface area contributed by atoms with Crippen LogP contribution in [0.5, 0.6) is 0 Å². The lowest BCUT2D eigenvalue weighted by molar-refractivity contribution is -0.120. The first kappa shape index (κ1) is 19.0. The SMILES string of the molecule is CC1C(=O)c2c(ccn2CCN2CCN(c3ccccc3Cl)CC2)N(C)C1=O. The molecule has 1 aromatic heterocycles. The van der Waals surface area contributed by atoms with Crippen LogP contribution < -0.4 is 9.80 Å². The van der Waals surface area contributed by atoms with Gasteiger partial charge in [-0.1, -0.05) is 23.7 Å². The van der Waals surface area contributed by atoms with E-state index in [9.17, 15) is 9.59 Å². The van der Waals surface area contributed by atoms with Crippen LogP contribution in [0.1, 0.15) is 17.4 Å². The number of amides is 1. The lowest BCUT2D eigenvalue weighted by Gasteiger charge is -2.36. The Kier molecular flexibility index (Phi) is 5.17. The molecule has 1 unspecified atom stereocenters. The minimum Gasteiger partial charge on any atom is -0.368 e. The highest BCUT2D eigenvalue weighted by Crippen LogP contribution is 2.31. The van der Waals surface area contributed by atoms with Crippen LogP contribution in [0, 0.1) is 5.92 Å². The minimum absolute atomic E-state index is 0.0772. The van der Waals surface area contributed by atoms with Crippen molar-refractivity contribution in [3.63, 3.8) is 0 Å². The van der Waals surface area contributed by atoms with Crippen LogP contribution in [0.4, 0.5) is 11.4 Å². The van der Waals surface area contributed by atoms with Crippen LogP contribution in [0.2, 0.25) is 5.02 Å². The van der Waals surface area contributed by atoms with Gasteiger partial charge >= 0.3 is 0 Å². The molecule has 0 radical (unpaired) electrons. The van der Waals surface area contributed by atoms with Crippen LogP contribution in [0.15, 0.2) is 36.5 Å². The molecule has 1 saturated heterocycles.